The molecule has 126 valence electrons. The highest BCUT2D eigenvalue weighted by Crippen LogP contribution is 2.25. The monoisotopic (exact) mass is 345 g/mol. The average molecular weight is 346 g/mol. The van der Waals surface area contributed by atoms with Crippen molar-refractivity contribution in [2.24, 2.45) is 0 Å². The second kappa shape index (κ2) is 6.40. The van der Waals surface area contributed by atoms with Crippen LogP contribution in [-0.2, 0) is 17.7 Å². The van der Waals surface area contributed by atoms with Crippen LogP contribution in [0.5, 0.6) is 0 Å². The molecule has 1 amide bonds. The average Bonchev–Trinajstić information content (AvgIpc) is 2.53. The minimum Gasteiger partial charge on any atom is -0.444 e. The Morgan fingerprint density at radius 3 is 2.58 bits per heavy atom. The third-order valence-electron chi connectivity index (χ3n) is 3.75. The predicted molar refractivity (Wildman–Crippen MR) is 92.8 cm³/mol. The molecule has 5 nitrogen and oxygen atoms in total. The summed E-state index contributed by atoms with van der Waals surface area (Å²) in [6.07, 6.45) is 3.70. The van der Waals surface area contributed by atoms with Crippen molar-refractivity contribution in [3.8, 4) is 11.4 Å². The zero-order valence-electron chi connectivity index (χ0n) is 14.0. The number of benzene rings is 1. The molecule has 1 aromatic heterocycles. The van der Waals surface area contributed by atoms with E-state index < -0.39 is 5.60 Å². The van der Waals surface area contributed by atoms with Gasteiger partial charge in [0, 0.05) is 31.0 Å². The van der Waals surface area contributed by atoms with E-state index in [1.807, 2.05) is 32.9 Å². The van der Waals surface area contributed by atoms with E-state index in [4.69, 9.17) is 16.3 Å². The third kappa shape index (κ3) is 3.85. The van der Waals surface area contributed by atoms with Gasteiger partial charge >= 0.3 is 6.09 Å². The van der Waals surface area contributed by atoms with Crippen molar-refractivity contribution in [3.63, 3.8) is 0 Å². The second-order valence-electron chi connectivity index (χ2n) is 6.86. The first-order valence-corrected chi connectivity index (χ1v) is 8.27. The van der Waals surface area contributed by atoms with Crippen molar-refractivity contribution in [2.75, 3.05) is 6.54 Å². The molecule has 2 heterocycles. The number of aromatic nitrogens is 2. The second-order valence-corrected chi connectivity index (χ2v) is 7.30. The molecule has 0 N–H and O–H groups in total. The smallest absolute Gasteiger partial charge is 0.410 e. The summed E-state index contributed by atoms with van der Waals surface area (Å²) in [4.78, 5) is 22.5. The van der Waals surface area contributed by atoms with Crippen molar-refractivity contribution in [2.45, 2.75) is 39.3 Å². The van der Waals surface area contributed by atoms with Gasteiger partial charge in [-0.1, -0.05) is 23.7 Å². The van der Waals surface area contributed by atoms with Gasteiger partial charge in [0.05, 0.1) is 5.02 Å². The van der Waals surface area contributed by atoms with Gasteiger partial charge < -0.3 is 9.64 Å². The Kier molecular flexibility index (Phi) is 4.45. The molecule has 0 atom stereocenters. The van der Waals surface area contributed by atoms with E-state index in [-0.39, 0.29) is 6.09 Å². The molecule has 0 aliphatic carbocycles. The fraction of sp³-hybridized carbons (Fsp3) is 0.389. The van der Waals surface area contributed by atoms with Crippen molar-refractivity contribution in [1.29, 1.82) is 0 Å². The van der Waals surface area contributed by atoms with Gasteiger partial charge in [0.25, 0.3) is 0 Å². The normalized spacial score (nSPS) is 14.2. The van der Waals surface area contributed by atoms with Crippen LogP contribution in [0.3, 0.4) is 0 Å². The number of nitrogens with zero attached hydrogens (tertiary/aromatic N) is 3. The maximum absolute atomic E-state index is 12.2. The van der Waals surface area contributed by atoms with E-state index >= 15 is 0 Å². The van der Waals surface area contributed by atoms with Crippen LogP contribution in [-0.4, -0.2) is 33.1 Å². The van der Waals surface area contributed by atoms with Crippen LogP contribution in [0.1, 0.15) is 31.9 Å². The molecule has 0 radical (unpaired) electrons. The molecule has 0 fully saturated rings. The van der Waals surface area contributed by atoms with Gasteiger partial charge in [-0.15, -0.1) is 0 Å². The third-order valence-corrected chi connectivity index (χ3v) is 3.94. The Morgan fingerprint density at radius 2 is 1.92 bits per heavy atom. The lowest BCUT2D eigenvalue weighted by Crippen LogP contribution is -2.39. The number of carbonyl (C=O) groups is 1. The molecule has 0 spiro atoms. The minimum absolute atomic E-state index is 0.265. The highest BCUT2D eigenvalue weighted by Gasteiger charge is 2.25. The Morgan fingerprint density at radius 1 is 1.21 bits per heavy atom. The van der Waals surface area contributed by atoms with E-state index in [9.17, 15) is 4.79 Å². The van der Waals surface area contributed by atoms with Crippen LogP contribution in [0.25, 0.3) is 11.4 Å². The molecule has 0 bridgehead atoms. The molecule has 6 heteroatoms. The summed E-state index contributed by atoms with van der Waals surface area (Å²) in [6, 6.07) is 6.09. The van der Waals surface area contributed by atoms with Crippen LogP contribution >= 0.6 is 11.6 Å². The molecule has 3 rings (SSSR count). The van der Waals surface area contributed by atoms with E-state index in [2.05, 4.69) is 16.0 Å². The van der Waals surface area contributed by atoms with Gasteiger partial charge in [-0.3, -0.25) is 0 Å². The lowest BCUT2D eigenvalue weighted by Gasteiger charge is -2.31. The first-order valence-electron chi connectivity index (χ1n) is 7.89. The first-order chi connectivity index (χ1) is 11.3. The summed E-state index contributed by atoms with van der Waals surface area (Å²) in [5, 5.41) is 0.518. The van der Waals surface area contributed by atoms with E-state index in [0.717, 1.165) is 17.5 Å². The standard InChI is InChI=1S/C18H20ClN3O2/c1-18(2,3)24-17(23)22-7-6-12-8-13(4-5-14(12)11-22)16-20-9-15(19)10-21-16/h4-5,8-10H,6-7,11H2,1-3H3. The number of hydrogen-bond acceptors (Lipinski definition) is 4. The number of halogens is 1. The Balaban J connectivity index is 1.77. The van der Waals surface area contributed by atoms with E-state index in [1.54, 1.807) is 17.3 Å². The van der Waals surface area contributed by atoms with Crippen LogP contribution in [0.4, 0.5) is 4.79 Å². The molecule has 0 unspecified atom stereocenters. The number of fused-ring (bicyclic) bond motifs is 1. The Hall–Kier alpha value is -2.14. The SMILES string of the molecule is CC(C)(C)OC(=O)N1CCc2cc(-c3ncc(Cl)cn3)ccc2C1. The quantitative estimate of drug-likeness (QED) is 0.781. The molecule has 24 heavy (non-hydrogen) atoms. The molecule has 1 aromatic carbocycles. The summed E-state index contributed by atoms with van der Waals surface area (Å²) in [6.45, 7) is 6.84. The van der Waals surface area contributed by atoms with E-state index in [0.29, 0.717) is 23.9 Å². The summed E-state index contributed by atoms with van der Waals surface area (Å²) >= 11 is 5.83. The van der Waals surface area contributed by atoms with Crippen molar-refractivity contribution in [3.05, 3.63) is 46.7 Å². The van der Waals surface area contributed by atoms with Gasteiger partial charge in [-0.25, -0.2) is 14.8 Å². The molecule has 2 aromatic rings. The van der Waals surface area contributed by atoms with Crippen LogP contribution in [0.15, 0.2) is 30.6 Å². The molecular weight excluding hydrogens is 326 g/mol. The summed E-state index contributed by atoms with van der Waals surface area (Å²) < 4.78 is 5.45. The fourth-order valence-corrected chi connectivity index (χ4v) is 2.73. The fourth-order valence-electron chi connectivity index (χ4n) is 2.64. The van der Waals surface area contributed by atoms with Gasteiger partial charge in [0.15, 0.2) is 5.82 Å². The number of ether oxygens (including phenoxy) is 1. The first kappa shape index (κ1) is 16.7. The summed E-state index contributed by atoms with van der Waals surface area (Å²) in [5.74, 6) is 0.650. The maximum atomic E-state index is 12.2. The van der Waals surface area contributed by atoms with Crippen molar-refractivity contribution >= 4 is 17.7 Å². The lowest BCUT2D eigenvalue weighted by atomic mass is 9.97. The largest absolute Gasteiger partial charge is 0.444 e. The summed E-state index contributed by atoms with van der Waals surface area (Å²) in [5.41, 5.74) is 2.82. The zero-order chi connectivity index (χ0) is 17.3. The minimum atomic E-state index is -0.479. The topological polar surface area (TPSA) is 55.3 Å². The molecular formula is C18H20ClN3O2. The van der Waals surface area contributed by atoms with Crippen molar-refractivity contribution in [1.82, 2.24) is 14.9 Å². The van der Waals surface area contributed by atoms with Gasteiger partial charge in [0.2, 0.25) is 0 Å². The number of carbonyl (C=O) groups excluding carboxylic acids is 1. The molecule has 0 saturated carbocycles. The zero-order valence-corrected chi connectivity index (χ0v) is 14.8. The molecule has 1 aliphatic rings. The highest BCUT2D eigenvalue weighted by atomic mass is 35.5. The number of amides is 1. The number of rotatable bonds is 1. The highest BCUT2D eigenvalue weighted by molar-refractivity contribution is 6.30. The maximum Gasteiger partial charge on any atom is 0.410 e. The van der Waals surface area contributed by atoms with Crippen molar-refractivity contribution < 1.29 is 9.53 Å². The molecule has 0 saturated heterocycles. The van der Waals surface area contributed by atoms with Crippen LogP contribution in [0, 0.1) is 0 Å². The van der Waals surface area contributed by atoms with Gasteiger partial charge in [-0.05, 0) is 44.4 Å². The summed E-state index contributed by atoms with van der Waals surface area (Å²) in [7, 11) is 0. The molecule has 1 aliphatic heterocycles. The van der Waals surface area contributed by atoms with Crippen LogP contribution < -0.4 is 0 Å². The Bertz CT molecular complexity index is 754. The lowest BCUT2D eigenvalue weighted by molar-refractivity contribution is 0.0224. The van der Waals surface area contributed by atoms with Crippen LogP contribution in [0.2, 0.25) is 5.02 Å². The Labute approximate surface area is 146 Å². The van der Waals surface area contributed by atoms with Gasteiger partial charge in [-0.2, -0.15) is 0 Å². The van der Waals surface area contributed by atoms with E-state index in [1.165, 1.54) is 5.56 Å². The number of hydrogen-bond donors (Lipinski definition) is 0. The predicted octanol–water partition coefficient (Wildman–Crippen LogP) is 4.09. The van der Waals surface area contributed by atoms with Gasteiger partial charge in [0.1, 0.15) is 5.60 Å².